The molecule has 1 saturated heterocycles. The largest absolute Gasteiger partial charge is 0.343 e. The average molecular weight is 400 g/mol. The molecule has 1 fully saturated rings. The molecule has 28 heavy (non-hydrogen) atoms. The van der Waals surface area contributed by atoms with Crippen molar-refractivity contribution in [1.29, 1.82) is 0 Å². The van der Waals surface area contributed by atoms with Gasteiger partial charge in [-0.2, -0.15) is 0 Å². The van der Waals surface area contributed by atoms with E-state index in [9.17, 15) is 9.59 Å². The van der Waals surface area contributed by atoms with Crippen LogP contribution in [0.2, 0.25) is 5.02 Å². The highest BCUT2D eigenvalue weighted by molar-refractivity contribution is 6.33. The first-order valence-corrected chi connectivity index (χ1v) is 9.99. The Labute approximate surface area is 171 Å². The van der Waals surface area contributed by atoms with Crippen molar-refractivity contribution in [3.8, 4) is 0 Å². The molecule has 1 aliphatic rings. The lowest BCUT2D eigenvalue weighted by Crippen LogP contribution is -2.42. The molecule has 2 aromatic carbocycles. The average Bonchev–Trinajstić information content (AvgIpc) is 2.93. The number of carbonyl (C=O) groups excluding carboxylic acids is 2. The summed E-state index contributed by atoms with van der Waals surface area (Å²) in [4.78, 5) is 29.0. The molecule has 2 amide bonds. The van der Waals surface area contributed by atoms with Crippen molar-refractivity contribution in [2.75, 3.05) is 32.7 Å². The summed E-state index contributed by atoms with van der Waals surface area (Å²) in [5, 5.41) is 3.07. The molecule has 148 valence electrons. The van der Waals surface area contributed by atoms with Crippen molar-refractivity contribution in [2.45, 2.75) is 19.9 Å². The minimum Gasteiger partial charge on any atom is -0.343 e. The molecule has 5 nitrogen and oxygen atoms in total. The maximum absolute atomic E-state index is 12.5. The molecule has 1 heterocycles. The standard InChI is InChI=1S/C22H26ClN3O2/c1-17-7-9-18(10-8-17)16-25-11-4-12-26(14-13-25)21(27)15-24-22(28)19-5-2-3-6-20(19)23/h2-3,5-10H,4,11-16H2,1H3,(H,24,28). The van der Waals surface area contributed by atoms with E-state index in [-0.39, 0.29) is 18.4 Å². The maximum Gasteiger partial charge on any atom is 0.253 e. The number of benzene rings is 2. The Kier molecular flexibility index (Phi) is 7.06. The van der Waals surface area contributed by atoms with Gasteiger partial charge in [-0.3, -0.25) is 14.5 Å². The van der Waals surface area contributed by atoms with Gasteiger partial charge in [0.2, 0.25) is 5.91 Å². The minimum atomic E-state index is -0.324. The van der Waals surface area contributed by atoms with E-state index in [1.165, 1.54) is 11.1 Å². The second-order valence-corrected chi connectivity index (χ2v) is 7.57. The summed E-state index contributed by atoms with van der Waals surface area (Å²) in [6.07, 6.45) is 0.927. The zero-order valence-corrected chi connectivity index (χ0v) is 16.9. The van der Waals surface area contributed by atoms with Crippen LogP contribution in [0.15, 0.2) is 48.5 Å². The number of nitrogens with one attached hydrogen (secondary N) is 1. The molecule has 1 N–H and O–H groups in total. The fraction of sp³-hybridized carbons (Fsp3) is 0.364. The molecule has 0 spiro atoms. The van der Waals surface area contributed by atoms with Crippen molar-refractivity contribution < 1.29 is 9.59 Å². The van der Waals surface area contributed by atoms with Gasteiger partial charge in [0, 0.05) is 32.7 Å². The highest BCUT2D eigenvalue weighted by Crippen LogP contribution is 2.14. The molecule has 0 unspecified atom stereocenters. The monoisotopic (exact) mass is 399 g/mol. The van der Waals surface area contributed by atoms with E-state index >= 15 is 0 Å². The van der Waals surface area contributed by atoms with Gasteiger partial charge in [0.25, 0.3) is 5.91 Å². The van der Waals surface area contributed by atoms with Gasteiger partial charge < -0.3 is 10.2 Å². The summed E-state index contributed by atoms with van der Waals surface area (Å²) in [6.45, 7) is 6.15. The van der Waals surface area contributed by atoms with E-state index in [1.54, 1.807) is 24.3 Å². The maximum atomic E-state index is 12.5. The summed E-state index contributed by atoms with van der Waals surface area (Å²) in [7, 11) is 0. The summed E-state index contributed by atoms with van der Waals surface area (Å²) in [5.74, 6) is -0.382. The van der Waals surface area contributed by atoms with Gasteiger partial charge in [0.1, 0.15) is 0 Å². The van der Waals surface area contributed by atoms with Crippen LogP contribution in [0.3, 0.4) is 0 Å². The van der Waals surface area contributed by atoms with Gasteiger partial charge in [-0.05, 0) is 31.0 Å². The van der Waals surface area contributed by atoms with Gasteiger partial charge >= 0.3 is 0 Å². The van der Waals surface area contributed by atoms with E-state index in [2.05, 4.69) is 41.4 Å². The molecule has 2 aromatic rings. The Bertz CT molecular complexity index is 823. The molecular weight excluding hydrogens is 374 g/mol. The molecular formula is C22H26ClN3O2. The van der Waals surface area contributed by atoms with Crippen LogP contribution in [-0.4, -0.2) is 54.3 Å². The van der Waals surface area contributed by atoms with Crippen LogP contribution >= 0.6 is 11.6 Å². The SMILES string of the molecule is Cc1ccc(CN2CCCN(C(=O)CNC(=O)c3ccccc3Cl)CC2)cc1. The van der Waals surface area contributed by atoms with Gasteiger partial charge in [-0.1, -0.05) is 53.6 Å². The lowest BCUT2D eigenvalue weighted by atomic mass is 10.1. The third kappa shape index (κ3) is 5.57. The number of hydrogen-bond acceptors (Lipinski definition) is 3. The van der Waals surface area contributed by atoms with Gasteiger partial charge in [-0.25, -0.2) is 0 Å². The summed E-state index contributed by atoms with van der Waals surface area (Å²) in [5.41, 5.74) is 2.93. The van der Waals surface area contributed by atoms with E-state index < -0.39 is 0 Å². The third-order valence-electron chi connectivity index (χ3n) is 4.99. The van der Waals surface area contributed by atoms with Crippen molar-refractivity contribution in [3.05, 3.63) is 70.2 Å². The Morgan fingerprint density at radius 3 is 2.50 bits per heavy atom. The van der Waals surface area contributed by atoms with Gasteiger partial charge in [0.15, 0.2) is 0 Å². The summed E-state index contributed by atoms with van der Waals surface area (Å²) >= 11 is 6.03. The number of aryl methyl sites for hydroxylation is 1. The number of hydrogen-bond donors (Lipinski definition) is 1. The first kappa shape index (κ1) is 20.4. The van der Waals surface area contributed by atoms with Crippen LogP contribution < -0.4 is 5.32 Å². The number of carbonyl (C=O) groups is 2. The van der Waals surface area contributed by atoms with Crippen molar-refractivity contribution in [3.63, 3.8) is 0 Å². The van der Waals surface area contributed by atoms with Crippen LogP contribution in [0.4, 0.5) is 0 Å². The zero-order chi connectivity index (χ0) is 19.9. The van der Waals surface area contributed by atoms with E-state index in [0.717, 1.165) is 26.1 Å². The van der Waals surface area contributed by atoms with Gasteiger partial charge in [0.05, 0.1) is 17.1 Å². The smallest absolute Gasteiger partial charge is 0.253 e. The molecule has 1 aliphatic heterocycles. The molecule has 3 rings (SSSR count). The van der Waals surface area contributed by atoms with Crippen LogP contribution in [-0.2, 0) is 11.3 Å². The Morgan fingerprint density at radius 2 is 1.75 bits per heavy atom. The highest BCUT2D eigenvalue weighted by Gasteiger charge is 2.20. The topological polar surface area (TPSA) is 52.6 Å². The molecule has 0 aliphatic carbocycles. The van der Waals surface area contributed by atoms with Crippen LogP contribution in [0.25, 0.3) is 0 Å². The van der Waals surface area contributed by atoms with E-state index in [4.69, 9.17) is 11.6 Å². The Hall–Kier alpha value is -2.37. The number of halogens is 1. The fourth-order valence-electron chi connectivity index (χ4n) is 3.34. The number of nitrogens with zero attached hydrogens (tertiary/aromatic N) is 2. The molecule has 6 heteroatoms. The van der Waals surface area contributed by atoms with Crippen molar-refractivity contribution >= 4 is 23.4 Å². The lowest BCUT2D eigenvalue weighted by molar-refractivity contribution is -0.130. The van der Waals surface area contributed by atoms with Gasteiger partial charge in [-0.15, -0.1) is 0 Å². The predicted molar refractivity (Wildman–Crippen MR) is 111 cm³/mol. The predicted octanol–water partition coefficient (Wildman–Crippen LogP) is 3.11. The Morgan fingerprint density at radius 1 is 1.00 bits per heavy atom. The number of amides is 2. The summed E-state index contributed by atoms with van der Waals surface area (Å²) < 4.78 is 0. The number of rotatable bonds is 5. The molecule has 0 radical (unpaired) electrons. The first-order valence-electron chi connectivity index (χ1n) is 9.61. The quantitative estimate of drug-likeness (QED) is 0.840. The molecule has 0 aromatic heterocycles. The van der Waals surface area contributed by atoms with Crippen molar-refractivity contribution in [2.24, 2.45) is 0 Å². The highest BCUT2D eigenvalue weighted by atomic mass is 35.5. The summed E-state index contributed by atoms with van der Waals surface area (Å²) in [6, 6.07) is 15.4. The Balaban J connectivity index is 1.48. The molecule has 0 atom stereocenters. The second-order valence-electron chi connectivity index (χ2n) is 7.16. The van der Waals surface area contributed by atoms with E-state index in [0.29, 0.717) is 23.7 Å². The third-order valence-corrected chi connectivity index (χ3v) is 5.32. The fourth-order valence-corrected chi connectivity index (χ4v) is 3.56. The van der Waals surface area contributed by atoms with Crippen molar-refractivity contribution in [1.82, 2.24) is 15.1 Å². The zero-order valence-electron chi connectivity index (χ0n) is 16.2. The second kappa shape index (κ2) is 9.71. The first-order chi connectivity index (χ1) is 13.5. The van der Waals surface area contributed by atoms with Crippen LogP contribution in [0.5, 0.6) is 0 Å². The normalized spacial score (nSPS) is 15.1. The van der Waals surface area contributed by atoms with Crippen LogP contribution in [0.1, 0.15) is 27.9 Å². The minimum absolute atomic E-state index is 0.0119. The van der Waals surface area contributed by atoms with E-state index in [1.807, 2.05) is 4.90 Å². The lowest BCUT2D eigenvalue weighted by Gasteiger charge is -2.22. The van der Waals surface area contributed by atoms with Crippen LogP contribution in [0, 0.1) is 6.92 Å². The molecule has 0 saturated carbocycles. The molecule has 0 bridgehead atoms.